The maximum atomic E-state index is 10.5. The zero-order valence-corrected chi connectivity index (χ0v) is 17.9. The number of aliphatic hydroxyl groups is 1. The van der Waals surface area contributed by atoms with Gasteiger partial charge in [0.1, 0.15) is 0 Å². The van der Waals surface area contributed by atoms with Gasteiger partial charge in [0, 0.05) is 26.8 Å². The van der Waals surface area contributed by atoms with E-state index in [2.05, 4.69) is 60.5 Å². The summed E-state index contributed by atoms with van der Waals surface area (Å²) in [5, 5.41) is 14.4. The Balaban J connectivity index is 1.46. The van der Waals surface area contributed by atoms with Crippen LogP contribution in [0.5, 0.6) is 0 Å². The van der Waals surface area contributed by atoms with Crippen molar-refractivity contribution in [2.24, 2.45) is 5.16 Å². The lowest BCUT2D eigenvalue weighted by Gasteiger charge is -2.15. The molecule has 0 saturated carbocycles. The molecule has 0 unspecified atom stereocenters. The van der Waals surface area contributed by atoms with Gasteiger partial charge in [0.15, 0.2) is 0 Å². The molecule has 0 aromatic heterocycles. The van der Waals surface area contributed by atoms with Crippen molar-refractivity contribution in [2.45, 2.75) is 58.0 Å². The van der Waals surface area contributed by atoms with Gasteiger partial charge in [-0.25, -0.2) is 0 Å². The first-order valence-corrected chi connectivity index (χ1v) is 10.3. The highest BCUT2D eigenvalue weighted by atomic mass is 16.8. The van der Waals surface area contributed by atoms with E-state index >= 15 is 0 Å². The van der Waals surface area contributed by atoms with Crippen LogP contribution in [0.3, 0.4) is 0 Å². The van der Waals surface area contributed by atoms with Gasteiger partial charge in [0.2, 0.25) is 5.90 Å². The van der Waals surface area contributed by atoms with Crippen molar-refractivity contribution in [3.05, 3.63) is 59.7 Å². The summed E-state index contributed by atoms with van der Waals surface area (Å²) in [6, 6.07) is 16.9. The molecule has 0 aliphatic carbocycles. The Kier molecular flexibility index (Phi) is 6.93. The number of hydrogen-bond donors (Lipinski definition) is 1. The van der Waals surface area contributed by atoms with E-state index in [1.165, 1.54) is 11.1 Å². The number of unbranched alkanes of at least 4 members (excludes halogenated alkanes) is 1. The van der Waals surface area contributed by atoms with Crippen molar-refractivity contribution in [3.63, 3.8) is 0 Å². The second kappa shape index (κ2) is 9.42. The molecule has 29 heavy (non-hydrogen) atoms. The molecule has 5 nitrogen and oxygen atoms in total. The van der Waals surface area contributed by atoms with Crippen LogP contribution < -0.4 is 0 Å². The van der Waals surface area contributed by atoms with Gasteiger partial charge < -0.3 is 19.6 Å². The molecule has 1 aliphatic heterocycles. The fourth-order valence-corrected chi connectivity index (χ4v) is 3.42. The molecule has 0 spiro atoms. The number of oxime groups is 1. The zero-order valence-electron chi connectivity index (χ0n) is 17.9. The Bertz CT molecular complexity index is 811. The van der Waals surface area contributed by atoms with Crippen LogP contribution in [0.15, 0.2) is 53.7 Å². The van der Waals surface area contributed by atoms with Gasteiger partial charge in [-0.15, -0.1) is 0 Å². The summed E-state index contributed by atoms with van der Waals surface area (Å²) in [6.07, 6.45) is 2.81. The van der Waals surface area contributed by atoms with E-state index in [-0.39, 0.29) is 0 Å². The van der Waals surface area contributed by atoms with E-state index in [4.69, 9.17) is 9.57 Å². The second-order valence-electron chi connectivity index (χ2n) is 8.40. The van der Waals surface area contributed by atoms with Crippen LogP contribution in [0.2, 0.25) is 0 Å². The van der Waals surface area contributed by atoms with E-state index in [1.54, 1.807) is 0 Å². The Morgan fingerprint density at radius 3 is 2.14 bits per heavy atom. The SMILES string of the molecule is CN(C)Cc1ccc(-c2ccc([C@H](O)CCCCC3=NOC(C)(C)O3)cc2)cc1. The maximum absolute atomic E-state index is 10.5. The van der Waals surface area contributed by atoms with Crippen LogP contribution in [-0.2, 0) is 16.1 Å². The maximum Gasteiger partial charge on any atom is 0.271 e. The summed E-state index contributed by atoms with van der Waals surface area (Å²) < 4.78 is 5.58. The van der Waals surface area contributed by atoms with Gasteiger partial charge in [-0.3, -0.25) is 0 Å². The standard InChI is InChI=1S/C24H32N2O3/c1-24(2)28-23(25-29-24)8-6-5-7-22(27)21-15-13-20(14-16-21)19-11-9-18(10-12-19)17-26(3)4/h9-16,22,27H,5-8,17H2,1-4H3/t22-/m1/s1. The molecule has 0 fully saturated rings. The minimum Gasteiger partial charge on any atom is -0.434 e. The molecule has 2 aromatic rings. The first-order chi connectivity index (χ1) is 13.8. The van der Waals surface area contributed by atoms with Crippen molar-refractivity contribution in [1.82, 2.24) is 4.90 Å². The third kappa shape index (κ3) is 6.31. The molecule has 0 amide bonds. The summed E-state index contributed by atoms with van der Waals surface area (Å²) in [4.78, 5) is 7.35. The van der Waals surface area contributed by atoms with E-state index in [0.717, 1.165) is 43.4 Å². The lowest BCUT2D eigenvalue weighted by molar-refractivity contribution is -0.129. The second-order valence-corrected chi connectivity index (χ2v) is 8.40. The topological polar surface area (TPSA) is 54.3 Å². The molecule has 5 heteroatoms. The number of nitrogens with zero attached hydrogens (tertiary/aromatic N) is 2. The van der Waals surface area contributed by atoms with E-state index in [0.29, 0.717) is 5.90 Å². The summed E-state index contributed by atoms with van der Waals surface area (Å²) in [6.45, 7) is 4.62. The summed E-state index contributed by atoms with van der Waals surface area (Å²) in [5.41, 5.74) is 4.61. The molecule has 156 valence electrons. The number of ether oxygens (including phenoxy) is 1. The summed E-state index contributed by atoms with van der Waals surface area (Å²) in [7, 11) is 4.15. The van der Waals surface area contributed by atoms with Crippen LogP contribution >= 0.6 is 0 Å². The number of aliphatic hydroxyl groups excluding tert-OH is 1. The lowest BCUT2D eigenvalue weighted by Crippen LogP contribution is -2.22. The van der Waals surface area contributed by atoms with Crippen LogP contribution in [-0.4, -0.2) is 35.8 Å². The minimum absolute atomic E-state index is 0.453. The highest BCUT2D eigenvalue weighted by Crippen LogP contribution is 2.26. The molecule has 0 saturated heterocycles. The molecule has 1 atom stereocenters. The van der Waals surface area contributed by atoms with Crippen molar-refractivity contribution in [1.29, 1.82) is 0 Å². The van der Waals surface area contributed by atoms with Crippen molar-refractivity contribution >= 4 is 5.90 Å². The number of hydrogen-bond acceptors (Lipinski definition) is 5. The van der Waals surface area contributed by atoms with Gasteiger partial charge in [-0.1, -0.05) is 55.0 Å². The fourth-order valence-electron chi connectivity index (χ4n) is 3.42. The van der Waals surface area contributed by atoms with Gasteiger partial charge >= 0.3 is 0 Å². The monoisotopic (exact) mass is 396 g/mol. The molecule has 3 rings (SSSR count). The first-order valence-electron chi connectivity index (χ1n) is 10.3. The van der Waals surface area contributed by atoms with Crippen molar-refractivity contribution < 1.29 is 14.7 Å². The average molecular weight is 397 g/mol. The van der Waals surface area contributed by atoms with Gasteiger partial charge in [-0.05, 0) is 54.3 Å². The van der Waals surface area contributed by atoms with E-state index in [1.807, 2.05) is 26.0 Å². The Morgan fingerprint density at radius 2 is 1.59 bits per heavy atom. The number of benzene rings is 2. The van der Waals surface area contributed by atoms with Crippen LogP contribution in [0.4, 0.5) is 0 Å². The Labute approximate surface area is 173 Å². The molecule has 0 radical (unpaired) electrons. The third-order valence-corrected chi connectivity index (χ3v) is 4.93. The molecular formula is C24H32N2O3. The smallest absolute Gasteiger partial charge is 0.271 e. The Morgan fingerprint density at radius 1 is 0.966 bits per heavy atom. The highest BCUT2D eigenvalue weighted by molar-refractivity contribution is 5.76. The van der Waals surface area contributed by atoms with Crippen LogP contribution in [0.1, 0.15) is 56.8 Å². The summed E-state index contributed by atoms with van der Waals surface area (Å²) in [5.74, 6) is -0.00561. The van der Waals surface area contributed by atoms with Crippen molar-refractivity contribution in [2.75, 3.05) is 14.1 Å². The number of rotatable bonds is 9. The largest absolute Gasteiger partial charge is 0.434 e. The molecule has 1 N–H and O–H groups in total. The van der Waals surface area contributed by atoms with Crippen LogP contribution in [0, 0.1) is 0 Å². The van der Waals surface area contributed by atoms with Crippen LogP contribution in [0.25, 0.3) is 11.1 Å². The van der Waals surface area contributed by atoms with E-state index < -0.39 is 11.9 Å². The Hall–Kier alpha value is -2.37. The highest BCUT2D eigenvalue weighted by Gasteiger charge is 2.29. The van der Waals surface area contributed by atoms with Gasteiger partial charge in [0.25, 0.3) is 5.79 Å². The fraction of sp³-hybridized carbons (Fsp3) is 0.458. The third-order valence-electron chi connectivity index (χ3n) is 4.93. The van der Waals surface area contributed by atoms with E-state index in [9.17, 15) is 5.11 Å². The quantitative estimate of drug-likeness (QED) is 0.599. The average Bonchev–Trinajstić information content (AvgIpc) is 3.04. The predicted molar refractivity (Wildman–Crippen MR) is 116 cm³/mol. The van der Waals surface area contributed by atoms with Gasteiger partial charge in [0.05, 0.1) is 6.10 Å². The first kappa shape index (κ1) is 21.3. The zero-order chi connectivity index (χ0) is 20.9. The normalized spacial score (nSPS) is 16.3. The van der Waals surface area contributed by atoms with Crippen molar-refractivity contribution in [3.8, 4) is 11.1 Å². The minimum atomic E-state index is -0.650. The summed E-state index contributed by atoms with van der Waals surface area (Å²) >= 11 is 0. The molecule has 0 bridgehead atoms. The predicted octanol–water partition coefficient (Wildman–Crippen LogP) is 5.11. The molecular weight excluding hydrogens is 364 g/mol. The lowest BCUT2D eigenvalue weighted by atomic mass is 9.98. The molecule has 2 aromatic carbocycles. The van der Waals surface area contributed by atoms with Gasteiger partial charge in [-0.2, -0.15) is 0 Å². The molecule has 1 heterocycles. The molecule has 1 aliphatic rings.